The SMILES string of the molecule is OC(c1cccc(I)c1)c1cccc2c1OCC2. The largest absolute Gasteiger partial charge is 0.493 e. The minimum Gasteiger partial charge on any atom is -0.493 e. The average Bonchev–Trinajstić information content (AvgIpc) is 2.86. The van der Waals surface area contributed by atoms with Crippen molar-refractivity contribution >= 4 is 22.6 Å². The van der Waals surface area contributed by atoms with Gasteiger partial charge < -0.3 is 9.84 Å². The molecule has 2 aromatic rings. The quantitative estimate of drug-likeness (QED) is 0.841. The molecule has 0 bridgehead atoms. The van der Waals surface area contributed by atoms with Gasteiger partial charge in [-0.1, -0.05) is 30.3 Å². The fourth-order valence-corrected chi connectivity index (χ4v) is 2.88. The maximum atomic E-state index is 10.5. The Kier molecular flexibility index (Phi) is 3.26. The van der Waals surface area contributed by atoms with Crippen LogP contribution in [-0.4, -0.2) is 11.7 Å². The third kappa shape index (κ3) is 2.12. The van der Waals surface area contributed by atoms with Gasteiger partial charge in [-0.05, 0) is 45.9 Å². The van der Waals surface area contributed by atoms with Gasteiger partial charge in [0, 0.05) is 15.6 Å². The van der Waals surface area contributed by atoms with Crippen molar-refractivity contribution in [2.24, 2.45) is 0 Å². The van der Waals surface area contributed by atoms with Gasteiger partial charge in [-0.15, -0.1) is 0 Å². The van der Waals surface area contributed by atoms with Gasteiger partial charge in [0.25, 0.3) is 0 Å². The lowest BCUT2D eigenvalue weighted by molar-refractivity contribution is 0.213. The van der Waals surface area contributed by atoms with E-state index < -0.39 is 6.10 Å². The van der Waals surface area contributed by atoms with Crippen LogP contribution in [0.3, 0.4) is 0 Å². The van der Waals surface area contributed by atoms with Crippen LogP contribution >= 0.6 is 22.6 Å². The van der Waals surface area contributed by atoms with E-state index >= 15 is 0 Å². The highest BCUT2D eigenvalue weighted by Gasteiger charge is 2.21. The first-order valence-corrected chi connectivity index (χ1v) is 7.02. The van der Waals surface area contributed by atoms with Crippen LogP contribution in [0.1, 0.15) is 22.8 Å². The molecule has 0 radical (unpaired) electrons. The number of rotatable bonds is 2. The Morgan fingerprint density at radius 3 is 2.83 bits per heavy atom. The third-order valence-electron chi connectivity index (χ3n) is 3.20. The van der Waals surface area contributed by atoms with Crippen molar-refractivity contribution in [3.8, 4) is 5.75 Å². The lowest BCUT2D eigenvalue weighted by Crippen LogP contribution is -2.02. The van der Waals surface area contributed by atoms with Gasteiger partial charge in [-0.3, -0.25) is 0 Å². The molecule has 92 valence electrons. The van der Waals surface area contributed by atoms with Crippen molar-refractivity contribution in [2.75, 3.05) is 6.61 Å². The Labute approximate surface area is 120 Å². The highest BCUT2D eigenvalue weighted by atomic mass is 127. The summed E-state index contributed by atoms with van der Waals surface area (Å²) in [6, 6.07) is 13.9. The molecular formula is C15H13IO2. The van der Waals surface area contributed by atoms with Crippen LogP contribution in [0.15, 0.2) is 42.5 Å². The summed E-state index contributed by atoms with van der Waals surface area (Å²) >= 11 is 2.25. The Hall–Kier alpha value is -1.07. The molecule has 0 saturated carbocycles. The van der Waals surface area contributed by atoms with Crippen molar-refractivity contribution in [3.05, 3.63) is 62.7 Å². The molecule has 3 rings (SSSR count). The predicted octanol–water partition coefficient (Wildman–Crippen LogP) is 3.31. The van der Waals surface area contributed by atoms with Gasteiger partial charge in [0.1, 0.15) is 11.9 Å². The van der Waals surface area contributed by atoms with Crippen molar-refractivity contribution < 1.29 is 9.84 Å². The number of aliphatic hydroxyl groups is 1. The molecule has 1 aliphatic heterocycles. The van der Waals surface area contributed by atoms with Gasteiger partial charge in [0.05, 0.1) is 6.61 Å². The lowest BCUT2D eigenvalue weighted by atomic mass is 9.98. The van der Waals surface area contributed by atoms with Crippen molar-refractivity contribution in [3.63, 3.8) is 0 Å². The van der Waals surface area contributed by atoms with Crippen LogP contribution in [0.5, 0.6) is 5.75 Å². The Balaban J connectivity index is 2.03. The molecule has 0 saturated heterocycles. The van der Waals surface area contributed by atoms with E-state index in [0.29, 0.717) is 6.61 Å². The first kappa shape index (κ1) is 12.0. The molecule has 0 fully saturated rings. The molecule has 18 heavy (non-hydrogen) atoms. The van der Waals surface area contributed by atoms with E-state index in [0.717, 1.165) is 26.9 Å². The van der Waals surface area contributed by atoms with E-state index in [1.54, 1.807) is 0 Å². The first-order chi connectivity index (χ1) is 8.75. The van der Waals surface area contributed by atoms with Gasteiger partial charge in [-0.2, -0.15) is 0 Å². The summed E-state index contributed by atoms with van der Waals surface area (Å²) in [5.41, 5.74) is 2.97. The normalized spacial score (nSPS) is 15.0. The molecule has 1 N–H and O–H groups in total. The number of hydrogen-bond donors (Lipinski definition) is 1. The van der Waals surface area contributed by atoms with Gasteiger partial charge in [-0.25, -0.2) is 0 Å². The van der Waals surface area contributed by atoms with E-state index in [4.69, 9.17) is 4.74 Å². The zero-order valence-electron chi connectivity index (χ0n) is 9.77. The number of hydrogen-bond acceptors (Lipinski definition) is 2. The van der Waals surface area contributed by atoms with E-state index in [1.165, 1.54) is 5.56 Å². The number of halogens is 1. The Morgan fingerprint density at radius 2 is 2.00 bits per heavy atom. The molecule has 0 aromatic heterocycles. The van der Waals surface area contributed by atoms with Gasteiger partial charge in [0.15, 0.2) is 0 Å². The summed E-state index contributed by atoms with van der Waals surface area (Å²) in [6.07, 6.45) is 0.315. The molecule has 1 aliphatic rings. The van der Waals surface area contributed by atoms with Crippen molar-refractivity contribution in [1.29, 1.82) is 0 Å². The monoisotopic (exact) mass is 352 g/mol. The second kappa shape index (κ2) is 4.90. The predicted molar refractivity (Wildman–Crippen MR) is 78.9 cm³/mol. The molecule has 1 unspecified atom stereocenters. The Morgan fingerprint density at radius 1 is 1.17 bits per heavy atom. The second-order valence-corrected chi connectivity index (χ2v) is 5.64. The van der Waals surface area contributed by atoms with Crippen LogP contribution in [0.4, 0.5) is 0 Å². The zero-order chi connectivity index (χ0) is 12.5. The number of ether oxygens (including phenoxy) is 1. The summed E-state index contributed by atoms with van der Waals surface area (Å²) in [6.45, 7) is 0.714. The van der Waals surface area contributed by atoms with E-state index in [9.17, 15) is 5.11 Å². The summed E-state index contributed by atoms with van der Waals surface area (Å²) in [4.78, 5) is 0. The maximum absolute atomic E-state index is 10.5. The van der Waals surface area contributed by atoms with Crippen LogP contribution in [0.25, 0.3) is 0 Å². The van der Waals surface area contributed by atoms with Gasteiger partial charge >= 0.3 is 0 Å². The number of benzene rings is 2. The molecule has 2 aromatic carbocycles. The minimum atomic E-state index is -0.618. The highest BCUT2D eigenvalue weighted by Crippen LogP contribution is 2.36. The summed E-state index contributed by atoms with van der Waals surface area (Å²) in [5.74, 6) is 0.865. The van der Waals surface area contributed by atoms with E-state index in [-0.39, 0.29) is 0 Å². The summed E-state index contributed by atoms with van der Waals surface area (Å²) in [5, 5.41) is 10.5. The average molecular weight is 352 g/mol. The standard InChI is InChI=1S/C15H13IO2/c16-12-5-1-4-11(9-12)14(17)13-6-2-3-10-7-8-18-15(10)13/h1-6,9,14,17H,7-8H2. The van der Waals surface area contributed by atoms with Crippen molar-refractivity contribution in [1.82, 2.24) is 0 Å². The molecule has 2 nitrogen and oxygen atoms in total. The van der Waals surface area contributed by atoms with Crippen LogP contribution in [-0.2, 0) is 6.42 Å². The van der Waals surface area contributed by atoms with Crippen LogP contribution < -0.4 is 4.74 Å². The molecule has 3 heteroatoms. The lowest BCUT2D eigenvalue weighted by Gasteiger charge is -2.15. The maximum Gasteiger partial charge on any atom is 0.128 e. The molecule has 0 spiro atoms. The second-order valence-electron chi connectivity index (χ2n) is 4.39. The molecule has 1 atom stereocenters. The van der Waals surface area contributed by atoms with Crippen LogP contribution in [0.2, 0.25) is 0 Å². The molecule has 1 heterocycles. The molecular weight excluding hydrogens is 339 g/mol. The topological polar surface area (TPSA) is 29.5 Å². The van der Waals surface area contributed by atoms with Crippen LogP contribution in [0, 0.1) is 3.57 Å². The number of fused-ring (bicyclic) bond motifs is 1. The van der Waals surface area contributed by atoms with Crippen molar-refractivity contribution in [2.45, 2.75) is 12.5 Å². The smallest absolute Gasteiger partial charge is 0.128 e. The highest BCUT2D eigenvalue weighted by molar-refractivity contribution is 14.1. The zero-order valence-corrected chi connectivity index (χ0v) is 11.9. The van der Waals surface area contributed by atoms with E-state index in [1.807, 2.05) is 36.4 Å². The fraction of sp³-hybridized carbons (Fsp3) is 0.200. The number of aliphatic hydroxyl groups excluding tert-OH is 1. The fourth-order valence-electron chi connectivity index (χ4n) is 2.31. The first-order valence-electron chi connectivity index (χ1n) is 5.94. The van der Waals surface area contributed by atoms with E-state index in [2.05, 4.69) is 28.7 Å². The minimum absolute atomic E-state index is 0.618. The molecule has 0 aliphatic carbocycles. The Bertz CT molecular complexity index is 580. The van der Waals surface area contributed by atoms with Gasteiger partial charge in [0.2, 0.25) is 0 Å². The number of para-hydroxylation sites is 1. The summed E-state index contributed by atoms with van der Waals surface area (Å²) < 4.78 is 6.76. The summed E-state index contributed by atoms with van der Waals surface area (Å²) in [7, 11) is 0. The third-order valence-corrected chi connectivity index (χ3v) is 3.87. The molecule has 0 amide bonds.